The van der Waals surface area contributed by atoms with Crippen LogP contribution in [0.4, 0.5) is 5.69 Å². The van der Waals surface area contributed by atoms with Crippen molar-refractivity contribution in [1.82, 2.24) is 9.55 Å². The fourth-order valence-electron chi connectivity index (χ4n) is 4.33. The van der Waals surface area contributed by atoms with E-state index in [-0.39, 0.29) is 36.6 Å². The van der Waals surface area contributed by atoms with E-state index in [1.54, 1.807) is 0 Å². The summed E-state index contributed by atoms with van der Waals surface area (Å²) in [6.45, 7) is 1.66. The number of nitrogens with zero attached hydrogens (tertiary/aromatic N) is 2. The maximum absolute atomic E-state index is 12.6. The van der Waals surface area contributed by atoms with Crippen molar-refractivity contribution >= 4 is 47.4 Å². The molecule has 1 saturated carbocycles. The monoisotopic (exact) mass is 398 g/mol. The number of fused-ring (bicyclic) bond motifs is 3. The van der Waals surface area contributed by atoms with E-state index in [0.29, 0.717) is 12.5 Å². The van der Waals surface area contributed by atoms with Crippen LogP contribution in [0, 0.1) is 11.8 Å². The van der Waals surface area contributed by atoms with Crippen LogP contribution in [0.5, 0.6) is 0 Å². The molecule has 26 heavy (non-hydrogen) atoms. The van der Waals surface area contributed by atoms with E-state index >= 15 is 0 Å². The van der Waals surface area contributed by atoms with E-state index in [1.807, 2.05) is 12.1 Å². The Balaban J connectivity index is 0.00000121. The van der Waals surface area contributed by atoms with Crippen LogP contribution in [-0.2, 0) is 17.8 Å². The second kappa shape index (κ2) is 9.07. The van der Waals surface area contributed by atoms with Crippen LogP contribution in [0.2, 0.25) is 0 Å². The lowest BCUT2D eigenvalue weighted by atomic mass is 9.95. The molecule has 3 N–H and O–H groups in total. The van der Waals surface area contributed by atoms with Gasteiger partial charge in [-0.15, -0.1) is 24.8 Å². The van der Waals surface area contributed by atoms with Gasteiger partial charge in [0.05, 0.1) is 11.0 Å². The standard InChI is InChI=1S/C19H26N4O.2ClH/c20-12-13-5-4-6-15(13)19(24)21-14-8-9-17-16(11-14)22-18-7-2-1-3-10-23(17)18;;/h8-9,11,13,15H,1-7,10,12,20H2,(H,21,24);2*1H/t13-,15-;;/m1../s1. The molecule has 4 rings (SSSR count). The van der Waals surface area contributed by atoms with Gasteiger partial charge in [0.25, 0.3) is 0 Å². The van der Waals surface area contributed by atoms with Gasteiger partial charge in [0.15, 0.2) is 0 Å². The molecule has 1 aromatic heterocycles. The third-order valence-corrected chi connectivity index (χ3v) is 5.68. The van der Waals surface area contributed by atoms with Gasteiger partial charge in [-0.1, -0.05) is 12.8 Å². The molecule has 0 saturated heterocycles. The third-order valence-electron chi connectivity index (χ3n) is 5.68. The number of nitrogens with two attached hydrogens (primary N) is 1. The first-order chi connectivity index (χ1) is 11.8. The van der Waals surface area contributed by atoms with Crippen molar-refractivity contribution in [3.05, 3.63) is 24.0 Å². The van der Waals surface area contributed by atoms with E-state index in [4.69, 9.17) is 10.7 Å². The van der Waals surface area contributed by atoms with Gasteiger partial charge in [-0.25, -0.2) is 4.98 Å². The van der Waals surface area contributed by atoms with Crippen molar-refractivity contribution in [3.8, 4) is 0 Å². The SMILES string of the molecule is Cl.Cl.NC[C@H]1CCC[C@H]1C(=O)Nc1ccc2c(c1)nc1n2CCCCC1. The molecular weight excluding hydrogens is 371 g/mol. The lowest BCUT2D eigenvalue weighted by Gasteiger charge is -2.17. The van der Waals surface area contributed by atoms with E-state index in [9.17, 15) is 4.79 Å². The summed E-state index contributed by atoms with van der Waals surface area (Å²) in [5.74, 6) is 1.69. The number of halogens is 2. The number of aryl methyl sites for hydroxylation is 2. The van der Waals surface area contributed by atoms with Gasteiger partial charge in [-0.2, -0.15) is 0 Å². The van der Waals surface area contributed by atoms with Crippen molar-refractivity contribution < 1.29 is 4.79 Å². The zero-order chi connectivity index (χ0) is 16.5. The number of aromatic nitrogens is 2. The predicted molar refractivity (Wildman–Crippen MR) is 110 cm³/mol. The minimum absolute atomic E-state index is 0. The minimum atomic E-state index is 0. The van der Waals surface area contributed by atoms with E-state index in [1.165, 1.54) is 30.6 Å². The highest BCUT2D eigenvalue weighted by Crippen LogP contribution is 2.32. The van der Waals surface area contributed by atoms with Gasteiger partial charge in [0.1, 0.15) is 5.82 Å². The Morgan fingerprint density at radius 1 is 1.19 bits per heavy atom. The quantitative estimate of drug-likeness (QED) is 0.822. The summed E-state index contributed by atoms with van der Waals surface area (Å²) in [6.07, 6.45) is 7.90. The fraction of sp³-hybridized carbons (Fsp3) is 0.579. The number of benzene rings is 1. The summed E-state index contributed by atoms with van der Waals surface area (Å²) in [5, 5.41) is 3.09. The van der Waals surface area contributed by atoms with Gasteiger partial charge in [-0.3, -0.25) is 4.79 Å². The van der Waals surface area contributed by atoms with Crippen LogP contribution >= 0.6 is 24.8 Å². The molecule has 2 heterocycles. The van der Waals surface area contributed by atoms with Gasteiger partial charge >= 0.3 is 0 Å². The largest absolute Gasteiger partial charge is 0.330 e. The normalized spacial score (nSPS) is 22.0. The molecule has 5 nitrogen and oxygen atoms in total. The highest BCUT2D eigenvalue weighted by molar-refractivity contribution is 5.95. The highest BCUT2D eigenvalue weighted by atomic mass is 35.5. The number of carbonyl (C=O) groups is 1. The molecule has 0 bridgehead atoms. The molecule has 2 aliphatic rings. The summed E-state index contributed by atoms with van der Waals surface area (Å²) in [4.78, 5) is 17.4. The first-order valence-corrected chi connectivity index (χ1v) is 9.26. The minimum Gasteiger partial charge on any atom is -0.330 e. The number of amides is 1. The summed E-state index contributed by atoms with van der Waals surface area (Å²) in [7, 11) is 0. The number of hydrogen-bond donors (Lipinski definition) is 2. The number of carbonyl (C=O) groups excluding carboxylic acids is 1. The molecule has 2 atom stereocenters. The van der Waals surface area contributed by atoms with Gasteiger partial charge in [0, 0.05) is 24.6 Å². The topological polar surface area (TPSA) is 72.9 Å². The fourth-order valence-corrected chi connectivity index (χ4v) is 4.33. The van der Waals surface area contributed by atoms with Crippen molar-refractivity contribution in [1.29, 1.82) is 0 Å². The second-order valence-electron chi connectivity index (χ2n) is 7.22. The van der Waals surface area contributed by atoms with Crippen LogP contribution in [-0.4, -0.2) is 22.0 Å². The molecule has 0 spiro atoms. The zero-order valence-corrected chi connectivity index (χ0v) is 16.6. The van der Waals surface area contributed by atoms with Gasteiger partial charge < -0.3 is 15.6 Å². The number of hydrogen-bond acceptors (Lipinski definition) is 3. The molecule has 1 fully saturated rings. The van der Waals surface area contributed by atoms with Crippen LogP contribution in [0.3, 0.4) is 0 Å². The summed E-state index contributed by atoms with van der Waals surface area (Å²) < 4.78 is 2.34. The molecule has 1 aliphatic heterocycles. The lowest BCUT2D eigenvalue weighted by molar-refractivity contribution is -0.120. The van der Waals surface area contributed by atoms with Gasteiger partial charge in [-0.05, 0) is 56.3 Å². The number of nitrogens with one attached hydrogen (secondary N) is 1. The number of anilines is 1. The summed E-state index contributed by atoms with van der Waals surface area (Å²) in [5.41, 5.74) is 8.83. The first-order valence-electron chi connectivity index (χ1n) is 9.26. The Kier molecular flexibility index (Phi) is 7.33. The Labute approximate surface area is 166 Å². The maximum Gasteiger partial charge on any atom is 0.227 e. The van der Waals surface area contributed by atoms with Crippen LogP contribution in [0.1, 0.15) is 44.3 Å². The lowest BCUT2D eigenvalue weighted by Crippen LogP contribution is -2.29. The van der Waals surface area contributed by atoms with Crippen LogP contribution in [0.15, 0.2) is 18.2 Å². The molecule has 1 aromatic carbocycles. The second-order valence-corrected chi connectivity index (χ2v) is 7.22. The van der Waals surface area contributed by atoms with Crippen molar-refractivity contribution in [2.75, 3.05) is 11.9 Å². The van der Waals surface area contributed by atoms with E-state index in [0.717, 1.165) is 43.4 Å². The molecule has 7 heteroatoms. The molecule has 144 valence electrons. The molecule has 1 amide bonds. The molecule has 0 radical (unpaired) electrons. The average molecular weight is 399 g/mol. The zero-order valence-electron chi connectivity index (χ0n) is 14.9. The smallest absolute Gasteiger partial charge is 0.227 e. The Bertz CT molecular complexity index is 761. The molecule has 0 unspecified atom stereocenters. The Morgan fingerprint density at radius 3 is 2.85 bits per heavy atom. The van der Waals surface area contributed by atoms with Crippen molar-refractivity contribution in [2.45, 2.75) is 51.5 Å². The third kappa shape index (κ3) is 4.00. The van der Waals surface area contributed by atoms with E-state index in [2.05, 4.69) is 16.0 Å². The summed E-state index contributed by atoms with van der Waals surface area (Å²) >= 11 is 0. The highest BCUT2D eigenvalue weighted by Gasteiger charge is 2.31. The predicted octanol–water partition coefficient (Wildman–Crippen LogP) is 3.92. The van der Waals surface area contributed by atoms with Crippen molar-refractivity contribution in [3.63, 3.8) is 0 Å². The Hall–Kier alpha value is -1.30. The van der Waals surface area contributed by atoms with Crippen LogP contribution < -0.4 is 11.1 Å². The summed E-state index contributed by atoms with van der Waals surface area (Å²) in [6, 6.07) is 6.12. The van der Waals surface area contributed by atoms with E-state index < -0.39 is 0 Å². The number of imidazole rings is 1. The number of rotatable bonds is 3. The molecule has 1 aliphatic carbocycles. The molecular formula is C19H28Cl2N4O. The maximum atomic E-state index is 12.6. The van der Waals surface area contributed by atoms with Gasteiger partial charge in [0.2, 0.25) is 5.91 Å². The van der Waals surface area contributed by atoms with Crippen LogP contribution in [0.25, 0.3) is 11.0 Å². The average Bonchev–Trinajstić information content (AvgIpc) is 3.12. The molecule has 2 aromatic rings. The first kappa shape index (κ1) is 21.0. The van der Waals surface area contributed by atoms with Crippen molar-refractivity contribution in [2.24, 2.45) is 17.6 Å². The Morgan fingerprint density at radius 2 is 2.04 bits per heavy atom.